The first-order chi connectivity index (χ1) is 12.6. The third kappa shape index (κ3) is 3.31. The van der Waals surface area contributed by atoms with Gasteiger partial charge in [0.25, 0.3) is 6.33 Å². The summed E-state index contributed by atoms with van der Waals surface area (Å²) in [6.45, 7) is 8.17. The molecule has 5 heteroatoms. The first-order valence-corrected chi connectivity index (χ1v) is 8.78. The van der Waals surface area contributed by atoms with E-state index >= 15 is 0 Å². The van der Waals surface area contributed by atoms with Crippen LogP contribution in [-0.2, 0) is 7.05 Å². The molecular weight excluding hydrogens is 324 g/mol. The fraction of sp³-hybridized carbons (Fsp3) is 0.286. The van der Waals surface area contributed by atoms with Crippen molar-refractivity contribution >= 4 is 16.8 Å². The molecule has 0 N–H and O–H groups in total. The van der Waals surface area contributed by atoms with Crippen LogP contribution in [0.2, 0.25) is 0 Å². The van der Waals surface area contributed by atoms with Gasteiger partial charge in [0, 0.05) is 36.5 Å². The molecule has 0 spiro atoms. The van der Waals surface area contributed by atoms with Gasteiger partial charge in [-0.25, -0.2) is 4.57 Å². The predicted molar refractivity (Wildman–Crippen MR) is 102 cm³/mol. The van der Waals surface area contributed by atoms with Crippen LogP contribution in [0.1, 0.15) is 32.0 Å². The molecule has 0 radical (unpaired) electrons. The van der Waals surface area contributed by atoms with E-state index in [1.807, 2.05) is 42.9 Å². The fourth-order valence-electron chi connectivity index (χ4n) is 3.06. The van der Waals surface area contributed by atoms with E-state index in [1.165, 1.54) is 0 Å². The third-order valence-electron chi connectivity index (χ3n) is 4.55. The average molecular weight is 347 g/mol. The Kier molecular flexibility index (Phi) is 5.04. The summed E-state index contributed by atoms with van der Waals surface area (Å²) in [6, 6.07) is 10.3. The van der Waals surface area contributed by atoms with Crippen LogP contribution in [0.15, 0.2) is 48.6 Å². The standard InChI is InChI=1S/C21H23N4O/c1-5-25(6-2)16-7-8-17-15(3)11-20(26-21(17)12-16)18(13-22)19-9-10-24(4)14-23-19/h7-12,14H,5-6H2,1-4H3/q+1. The molecule has 3 rings (SSSR count). The van der Waals surface area contributed by atoms with Crippen LogP contribution in [0.4, 0.5) is 5.69 Å². The van der Waals surface area contributed by atoms with Gasteiger partial charge >= 0.3 is 0 Å². The number of nitrogens with zero attached hydrogens (tertiary/aromatic N) is 4. The summed E-state index contributed by atoms with van der Waals surface area (Å²) in [5.41, 5.74) is 4.28. The van der Waals surface area contributed by atoms with Crippen LogP contribution >= 0.6 is 0 Å². The average Bonchev–Trinajstić information content (AvgIpc) is 2.65. The van der Waals surface area contributed by atoms with Crippen molar-refractivity contribution in [1.82, 2.24) is 4.98 Å². The molecule has 0 atom stereocenters. The third-order valence-corrected chi connectivity index (χ3v) is 4.55. The van der Waals surface area contributed by atoms with E-state index in [2.05, 4.69) is 41.9 Å². The predicted octanol–water partition coefficient (Wildman–Crippen LogP) is 3.48. The minimum atomic E-state index is 0.434. The quantitative estimate of drug-likeness (QED) is 0.628. The number of rotatable bonds is 4. The Balaban J connectivity index is 2.07. The highest BCUT2D eigenvalue weighted by atomic mass is 16.5. The number of ether oxygens (including phenoxy) is 1. The number of aryl methyl sites for hydroxylation is 1. The van der Waals surface area contributed by atoms with Crippen molar-refractivity contribution in [2.45, 2.75) is 20.8 Å². The summed E-state index contributed by atoms with van der Waals surface area (Å²) < 4.78 is 7.96. The fourth-order valence-corrected chi connectivity index (χ4v) is 3.06. The molecule has 1 aliphatic rings. The molecule has 26 heavy (non-hydrogen) atoms. The van der Waals surface area contributed by atoms with Gasteiger partial charge < -0.3 is 9.64 Å². The molecule has 0 amide bonds. The zero-order valence-corrected chi connectivity index (χ0v) is 15.7. The van der Waals surface area contributed by atoms with Gasteiger partial charge in [-0.2, -0.15) is 5.26 Å². The molecule has 1 aromatic heterocycles. The van der Waals surface area contributed by atoms with Crippen LogP contribution in [0, 0.1) is 11.3 Å². The lowest BCUT2D eigenvalue weighted by Crippen LogP contribution is -2.27. The number of allylic oxidation sites excluding steroid dienone is 3. The number of aromatic nitrogens is 2. The molecule has 0 saturated carbocycles. The zero-order valence-electron chi connectivity index (χ0n) is 15.7. The summed E-state index contributed by atoms with van der Waals surface area (Å²) in [6.07, 6.45) is 5.46. The lowest BCUT2D eigenvalue weighted by molar-refractivity contribution is -0.674. The highest BCUT2D eigenvalue weighted by Crippen LogP contribution is 2.37. The SMILES string of the molecule is CCN(CC)c1ccc2c(c1)O/C(=C(/C#N)c1cc[n+](C)cn1)C=C2C. The van der Waals surface area contributed by atoms with Gasteiger partial charge in [0.05, 0.1) is 13.2 Å². The molecule has 0 aliphatic carbocycles. The number of anilines is 1. The Hall–Kier alpha value is -3.13. The van der Waals surface area contributed by atoms with Crippen molar-refractivity contribution in [2.75, 3.05) is 18.0 Å². The van der Waals surface area contributed by atoms with Gasteiger partial charge in [0.2, 0.25) is 0 Å². The van der Waals surface area contributed by atoms with E-state index in [9.17, 15) is 5.26 Å². The molecular formula is C21H23N4O+. The smallest absolute Gasteiger partial charge is 0.286 e. The van der Waals surface area contributed by atoms with Crippen LogP contribution < -0.4 is 14.2 Å². The number of fused-ring (bicyclic) bond motifs is 1. The van der Waals surface area contributed by atoms with E-state index in [1.54, 1.807) is 6.33 Å². The number of hydrogen-bond donors (Lipinski definition) is 0. The molecule has 0 bridgehead atoms. The van der Waals surface area contributed by atoms with Crippen molar-refractivity contribution < 1.29 is 9.30 Å². The first-order valence-electron chi connectivity index (χ1n) is 8.78. The molecule has 2 heterocycles. The van der Waals surface area contributed by atoms with Crippen LogP contribution in [0.5, 0.6) is 5.75 Å². The lowest BCUT2D eigenvalue weighted by atomic mass is 10.0. The minimum Gasteiger partial charge on any atom is -0.455 e. The topological polar surface area (TPSA) is 53.0 Å². The molecule has 132 valence electrons. The molecule has 5 nitrogen and oxygen atoms in total. The van der Waals surface area contributed by atoms with E-state index in [-0.39, 0.29) is 0 Å². The Morgan fingerprint density at radius 1 is 1.27 bits per heavy atom. The van der Waals surface area contributed by atoms with Gasteiger partial charge in [-0.1, -0.05) is 0 Å². The number of benzene rings is 1. The lowest BCUT2D eigenvalue weighted by Gasteiger charge is -2.25. The highest BCUT2D eigenvalue weighted by molar-refractivity contribution is 5.84. The second kappa shape index (κ2) is 7.40. The van der Waals surface area contributed by atoms with Gasteiger partial charge in [0.1, 0.15) is 23.2 Å². The molecule has 0 unspecified atom stereocenters. The Morgan fingerprint density at radius 3 is 2.65 bits per heavy atom. The maximum atomic E-state index is 9.68. The monoisotopic (exact) mass is 347 g/mol. The molecule has 2 aromatic rings. The van der Waals surface area contributed by atoms with Crippen molar-refractivity contribution in [3.05, 3.63) is 59.9 Å². The van der Waals surface area contributed by atoms with Crippen LogP contribution in [0.3, 0.4) is 0 Å². The second-order valence-corrected chi connectivity index (χ2v) is 6.24. The molecule has 1 aromatic carbocycles. The number of hydrogen-bond acceptors (Lipinski definition) is 4. The van der Waals surface area contributed by atoms with E-state index in [0.29, 0.717) is 17.0 Å². The van der Waals surface area contributed by atoms with Gasteiger partial charge in [-0.3, -0.25) is 0 Å². The zero-order chi connectivity index (χ0) is 18.7. The molecule has 1 aliphatic heterocycles. The van der Waals surface area contributed by atoms with Crippen molar-refractivity contribution in [1.29, 1.82) is 5.26 Å². The Labute approximate surface area is 154 Å². The van der Waals surface area contributed by atoms with Crippen molar-refractivity contribution in [2.24, 2.45) is 7.05 Å². The minimum absolute atomic E-state index is 0.434. The summed E-state index contributed by atoms with van der Waals surface area (Å²) in [5.74, 6) is 1.31. The van der Waals surface area contributed by atoms with E-state index in [0.717, 1.165) is 35.7 Å². The molecule has 0 saturated heterocycles. The van der Waals surface area contributed by atoms with Crippen molar-refractivity contribution in [3.8, 4) is 11.8 Å². The van der Waals surface area contributed by atoms with Crippen LogP contribution in [-0.4, -0.2) is 18.1 Å². The van der Waals surface area contributed by atoms with Gasteiger partial charge in [0.15, 0.2) is 5.69 Å². The largest absolute Gasteiger partial charge is 0.455 e. The van der Waals surface area contributed by atoms with Gasteiger partial charge in [-0.05, 0) is 49.5 Å². The second-order valence-electron chi connectivity index (χ2n) is 6.24. The summed E-state index contributed by atoms with van der Waals surface area (Å²) in [4.78, 5) is 6.61. The maximum Gasteiger partial charge on any atom is 0.286 e. The normalized spacial score (nSPS) is 14.7. The Morgan fingerprint density at radius 2 is 2.04 bits per heavy atom. The molecule has 0 fully saturated rings. The van der Waals surface area contributed by atoms with Crippen LogP contribution in [0.25, 0.3) is 11.1 Å². The Bertz CT molecular complexity index is 916. The summed E-state index contributed by atoms with van der Waals surface area (Å²) in [7, 11) is 1.89. The van der Waals surface area contributed by atoms with Crippen molar-refractivity contribution in [3.63, 3.8) is 0 Å². The maximum absolute atomic E-state index is 9.68. The number of nitriles is 1. The summed E-state index contributed by atoms with van der Waals surface area (Å²) in [5, 5.41) is 9.68. The van der Waals surface area contributed by atoms with E-state index in [4.69, 9.17) is 4.74 Å². The van der Waals surface area contributed by atoms with E-state index < -0.39 is 0 Å². The first kappa shape index (κ1) is 17.7. The highest BCUT2D eigenvalue weighted by Gasteiger charge is 2.22. The summed E-state index contributed by atoms with van der Waals surface area (Å²) >= 11 is 0. The van der Waals surface area contributed by atoms with Gasteiger partial charge in [-0.15, -0.1) is 0 Å².